The lowest BCUT2D eigenvalue weighted by molar-refractivity contribution is 0.292. The zero-order chi connectivity index (χ0) is 11.4. The van der Waals surface area contributed by atoms with Gasteiger partial charge >= 0.3 is 0 Å². The Bertz CT molecular complexity index is 252. The molecule has 0 saturated carbocycles. The Balaban J connectivity index is 4.07. The van der Waals surface area contributed by atoms with Crippen LogP contribution < -0.4 is 0 Å². The van der Waals surface area contributed by atoms with Gasteiger partial charge in [0.05, 0.1) is 11.0 Å². The number of hydrogen-bond acceptors (Lipinski definition) is 3. The third kappa shape index (κ3) is 4.62. The minimum atomic E-state index is -2.92. The van der Waals surface area contributed by atoms with Crippen LogP contribution in [0.25, 0.3) is 0 Å². The average molecular weight is 242 g/mol. The van der Waals surface area contributed by atoms with E-state index in [0.717, 1.165) is 0 Å². The molecule has 0 radical (unpaired) electrons. The van der Waals surface area contributed by atoms with E-state index in [4.69, 9.17) is 11.6 Å². The predicted molar refractivity (Wildman–Crippen MR) is 61.7 cm³/mol. The van der Waals surface area contributed by atoms with Gasteiger partial charge in [-0.2, -0.15) is 0 Å². The fourth-order valence-electron chi connectivity index (χ4n) is 0.845. The van der Waals surface area contributed by atoms with E-state index < -0.39 is 9.84 Å². The quantitative estimate of drug-likeness (QED) is 0.660. The van der Waals surface area contributed by atoms with Crippen molar-refractivity contribution in [3.8, 4) is 0 Å². The van der Waals surface area contributed by atoms with Crippen LogP contribution in [0.5, 0.6) is 0 Å². The first-order valence-corrected chi connectivity index (χ1v) is 7.04. The van der Waals surface area contributed by atoms with Crippen molar-refractivity contribution in [2.45, 2.75) is 32.1 Å². The molecule has 0 aromatic rings. The molecule has 0 aliphatic rings. The van der Waals surface area contributed by atoms with Crippen molar-refractivity contribution in [2.24, 2.45) is 0 Å². The molecular weight excluding hydrogens is 222 g/mol. The maximum atomic E-state index is 11.5. The second-order valence-electron chi connectivity index (χ2n) is 3.90. The Morgan fingerprint density at radius 2 is 1.79 bits per heavy atom. The molecule has 0 aliphatic heterocycles. The van der Waals surface area contributed by atoms with E-state index in [-0.39, 0.29) is 17.0 Å². The van der Waals surface area contributed by atoms with Gasteiger partial charge in [0, 0.05) is 18.5 Å². The van der Waals surface area contributed by atoms with Gasteiger partial charge in [-0.15, -0.1) is 11.6 Å². The fourth-order valence-corrected chi connectivity index (χ4v) is 2.09. The molecule has 0 aromatic carbocycles. The van der Waals surface area contributed by atoms with Crippen molar-refractivity contribution in [1.29, 1.82) is 0 Å². The molecule has 0 heterocycles. The Hall–Kier alpha value is 0.200. The van der Waals surface area contributed by atoms with Gasteiger partial charge < -0.3 is 4.90 Å². The molecule has 1 unspecified atom stereocenters. The summed E-state index contributed by atoms with van der Waals surface area (Å²) in [5.41, 5.74) is 0. The highest BCUT2D eigenvalue weighted by molar-refractivity contribution is 7.92. The van der Waals surface area contributed by atoms with Crippen LogP contribution in [0.1, 0.15) is 20.8 Å². The number of halogens is 1. The van der Waals surface area contributed by atoms with Crippen LogP contribution >= 0.6 is 11.6 Å². The van der Waals surface area contributed by atoms with Crippen molar-refractivity contribution < 1.29 is 8.42 Å². The number of rotatable bonds is 6. The second kappa shape index (κ2) is 5.93. The summed E-state index contributed by atoms with van der Waals surface area (Å²) >= 11 is 5.67. The lowest BCUT2D eigenvalue weighted by Crippen LogP contribution is -2.35. The Kier molecular flexibility index (Phi) is 6.02. The van der Waals surface area contributed by atoms with Crippen molar-refractivity contribution in [2.75, 3.05) is 25.2 Å². The second-order valence-corrected chi connectivity index (χ2v) is 6.89. The first kappa shape index (κ1) is 14.2. The van der Waals surface area contributed by atoms with Crippen LogP contribution in [0.15, 0.2) is 0 Å². The van der Waals surface area contributed by atoms with E-state index in [1.807, 2.05) is 18.9 Å². The van der Waals surface area contributed by atoms with Gasteiger partial charge in [0.15, 0.2) is 9.84 Å². The zero-order valence-corrected chi connectivity index (χ0v) is 10.9. The van der Waals surface area contributed by atoms with Gasteiger partial charge in [-0.3, -0.25) is 0 Å². The van der Waals surface area contributed by atoms with Gasteiger partial charge in [0.25, 0.3) is 0 Å². The molecule has 0 saturated heterocycles. The number of sulfone groups is 1. The number of nitrogens with zero attached hydrogens (tertiary/aromatic N) is 1. The summed E-state index contributed by atoms with van der Waals surface area (Å²) in [6.45, 7) is 5.95. The van der Waals surface area contributed by atoms with Crippen LogP contribution in [-0.4, -0.2) is 49.8 Å². The fraction of sp³-hybridized carbons (Fsp3) is 1.00. The molecule has 0 fully saturated rings. The highest BCUT2D eigenvalue weighted by atomic mass is 35.5. The maximum absolute atomic E-state index is 11.5. The van der Waals surface area contributed by atoms with E-state index in [2.05, 4.69) is 0 Å². The molecule has 0 aromatic heterocycles. The van der Waals surface area contributed by atoms with E-state index >= 15 is 0 Å². The third-order valence-corrected chi connectivity index (χ3v) is 5.06. The Labute approximate surface area is 92.3 Å². The van der Waals surface area contributed by atoms with Gasteiger partial charge in [-0.05, 0) is 27.8 Å². The molecule has 0 N–H and O–H groups in total. The summed E-state index contributed by atoms with van der Waals surface area (Å²) in [5, 5.41) is -0.290. The molecule has 0 amide bonds. The largest absolute Gasteiger partial charge is 0.302 e. The van der Waals surface area contributed by atoms with E-state index in [1.165, 1.54) is 0 Å². The summed E-state index contributed by atoms with van der Waals surface area (Å²) < 4.78 is 23.0. The smallest absolute Gasteiger partial charge is 0.153 e. The Morgan fingerprint density at radius 1 is 1.29 bits per heavy atom. The molecule has 1 atom stereocenters. The standard InChI is InChI=1S/C9H20ClNO2S/c1-8(2)14(12,13)6-5-11(4)9(3)7-10/h8-9H,5-7H2,1-4H3. The predicted octanol–water partition coefficient (Wildman–Crippen LogP) is 1.37. The molecule has 0 rings (SSSR count). The van der Waals surface area contributed by atoms with Crippen LogP contribution in [0.3, 0.4) is 0 Å². The summed E-state index contributed by atoms with van der Waals surface area (Å²) in [6, 6.07) is 0.221. The van der Waals surface area contributed by atoms with E-state index in [9.17, 15) is 8.42 Å². The lowest BCUT2D eigenvalue weighted by Gasteiger charge is -2.22. The maximum Gasteiger partial charge on any atom is 0.153 e. The van der Waals surface area contributed by atoms with Gasteiger partial charge in [0.2, 0.25) is 0 Å². The van der Waals surface area contributed by atoms with Crippen LogP contribution in [0.2, 0.25) is 0 Å². The average Bonchev–Trinajstić information content (AvgIpc) is 2.12. The molecule has 3 nitrogen and oxygen atoms in total. The molecule has 86 valence electrons. The molecule has 14 heavy (non-hydrogen) atoms. The topological polar surface area (TPSA) is 37.4 Å². The van der Waals surface area contributed by atoms with Crippen molar-refractivity contribution >= 4 is 21.4 Å². The van der Waals surface area contributed by atoms with Gasteiger partial charge in [-0.1, -0.05) is 0 Å². The first-order valence-electron chi connectivity index (χ1n) is 4.79. The minimum Gasteiger partial charge on any atom is -0.302 e. The minimum absolute atomic E-state index is 0.211. The van der Waals surface area contributed by atoms with Crippen LogP contribution in [0.4, 0.5) is 0 Å². The van der Waals surface area contributed by atoms with Crippen molar-refractivity contribution in [3.05, 3.63) is 0 Å². The van der Waals surface area contributed by atoms with E-state index in [1.54, 1.807) is 13.8 Å². The van der Waals surface area contributed by atoms with Gasteiger partial charge in [-0.25, -0.2) is 8.42 Å². The number of alkyl halides is 1. The summed E-state index contributed by atoms with van der Waals surface area (Å²) in [5.74, 6) is 0.737. The molecule has 0 aliphatic carbocycles. The van der Waals surface area contributed by atoms with Crippen LogP contribution in [-0.2, 0) is 9.84 Å². The highest BCUT2D eigenvalue weighted by Gasteiger charge is 2.17. The normalized spacial score (nSPS) is 15.1. The monoisotopic (exact) mass is 241 g/mol. The van der Waals surface area contributed by atoms with E-state index in [0.29, 0.717) is 12.4 Å². The third-order valence-electron chi connectivity index (χ3n) is 2.42. The lowest BCUT2D eigenvalue weighted by atomic mass is 10.3. The summed E-state index contributed by atoms with van der Waals surface area (Å²) in [6.07, 6.45) is 0. The van der Waals surface area contributed by atoms with Crippen LogP contribution in [0, 0.1) is 0 Å². The van der Waals surface area contributed by atoms with Crippen molar-refractivity contribution in [1.82, 2.24) is 4.90 Å². The summed E-state index contributed by atoms with van der Waals surface area (Å²) in [4.78, 5) is 1.97. The Morgan fingerprint density at radius 3 is 2.14 bits per heavy atom. The SMILES string of the molecule is CC(CCl)N(C)CCS(=O)(=O)C(C)C. The van der Waals surface area contributed by atoms with Crippen molar-refractivity contribution in [3.63, 3.8) is 0 Å². The molecule has 5 heteroatoms. The molecule has 0 spiro atoms. The summed E-state index contributed by atoms with van der Waals surface area (Å²) in [7, 11) is -1.03. The highest BCUT2D eigenvalue weighted by Crippen LogP contribution is 2.03. The molecule has 0 bridgehead atoms. The van der Waals surface area contributed by atoms with Gasteiger partial charge in [0.1, 0.15) is 0 Å². The first-order chi connectivity index (χ1) is 6.31. The number of hydrogen-bond donors (Lipinski definition) is 0. The zero-order valence-electron chi connectivity index (χ0n) is 9.33. The molecular formula is C9H20ClNO2S.